The van der Waals surface area contributed by atoms with Crippen molar-refractivity contribution < 1.29 is 62.9 Å². The van der Waals surface area contributed by atoms with Gasteiger partial charge in [0.2, 0.25) is 13.1 Å². The molecule has 13 nitrogen and oxygen atoms in total. The van der Waals surface area contributed by atoms with Gasteiger partial charge in [-0.2, -0.15) is 0 Å². The molecular formula is C28H24O13. The molecule has 1 saturated heterocycles. The molecule has 3 N–H and O–H groups in total. The summed E-state index contributed by atoms with van der Waals surface area (Å²) in [6.07, 6.45) is -5.51. The molecule has 0 spiro atoms. The standard InChI is InChI=1S/C28H24O13/c1-11(29)39-21-9-36-28(26(24(21)33)40-12(2)30)41-25-15-7-18(32)17(31)6-14(15)22(23-16(25)8-35-27(23)34)13-3-4-19-20(5-13)38-10-37-19/h3-7,21,24,26,28,31-33H,8-10H2,1-2H3/t21-,24+,26-,28?/m1/s1. The van der Waals surface area contributed by atoms with Gasteiger partial charge < -0.3 is 48.5 Å². The van der Waals surface area contributed by atoms with E-state index in [1.807, 2.05) is 0 Å². The number of hydrogen-bond donors (Lipinski definition) is 3. The molecule has 3 aliphatic heterocycles. The highest BCUT2D eigenvalue weighted by atomic mass is 16.7. The molecular weight excluding hydrogens is 544 g/mol. The van der Waals surface area contributed by atoms with Gasteiger partial charge in [0.15, 0.2) is 35.2 Å². The van der Waals surface area contributed by atoms with E-state index in [0.717, 1.165) is 13.8 Å². The van der Waals surface area contributed by atoms with Crippen molar-refractivity contribution in [2.45, 2.75) is 45.1 Å². The maximum Gasteiger partial charge on any atom is 0.339 e. The third kappa shape index (κ3) is 4.58. The molecule has 3 heterocycles. The fourth-order valence-corrected chi connectivity index (χ4v) is 5.20. The van der Waals surface area contributed by atoms with Gasteiger partial charge in [0.1, 0.15) is 18.5 Å². The van der Waals surface area contributed by atoms with E-state index in [0.29, 0.717) is 33.6 Å². The number of phenols is 2. The van der Waals surface area contributed by atoms with E-state index >= 15 is 0 Å². The van der Waals surface area contributed by atoms with Crippen LogP contribution in [-0.2, 0) is 35.1 Å². The molecule has 0 amide bonds. The molecule has 0 aromatic heterocycles. The van der Waals surface area contributed by atoms with Crippen molar-refractivity contribution >= 4 is 28.7 Å². The molecule has 0 saturated carbocycles. The van der Waals surface area contributed by atoms with Gasteiger partial charge in [-0.15, -0.1) is 0 Å². The third-order valence-corrected chi connectivity index (χ3v) is 6.93. The van der Waals surface area contributed by atoms with Crippen molar-refractivity contribution in [3.05, 3.63) is 41.5 Å². The van der Waals surface area contributed by atoms with Crippen LogP contribution in [-0.4, -0.2) is 71.2 Å². The topological polar surface area (TPSA) is 177 Å². The van der Waals surface area contributed by atoms with Crippen LogP contribution in [0.1, 0.15) is 29.8 Å². The largest absolute Gasteiger partial charge is 0.504 e. The summed E-state index contributed by atoms with van der Waals surface area (Å²) in [7, 11) is 0. The molecule has 0 bridgehead atoms. The molecule has 1 fully saturated rings. The van der Waals surface area contributed by atoms with Gasteiger partial charge in [0, 0.05) is 30.4 Å². The predicted molar refractivity (Wildman–Crippen MR) is 135 cm³/mol. The van der Waals surface area contributed by atoms with Gasteiger partial charge in [-0.3, -0.25) is 9.59 Å². The SMILES string of the molecule is CC(=O)O[C@@H]1COC(Oc2c3c(c(-c4ccc5c(c4)OCO5)c4cc(O)c(O)cc24)C(=O)OC3)[C@H](OC(C)=O)[C@H]1O. The van der Waals surface area contributed by atoms with Crippen LogP contribution in [0.2, 0.25) is 0 Å². The Labute approximate surface area is 231 Å². The van der Waals surface area contributed by atoms with Gasteiger partial charge in [-0.1, -0.05) is 6.07 Å². The van der Waals surface area contributed by atoms with Gasteiger partial charge in [0.05, 0.1) is 12.2 Å². The summed E-state index contributed by atoms with van der Waals surface area (Å²) in [5.74, 6) is -2.02. The lowest BCUT2D eigenvalue weighted by molar-refractivity contribution is -0.254. The zero-order chi connectivity index (χ0) is 29.0. The molecule has 214 valence electrons. The summed E-state index contributed by atoms with van der Waals surface area (Å²) in [4.78, 5) is 36.5. The van der Waals surface area contributed by atoms with Crippen LogP contribution in [0.25, 0.3) is 21.9 Å². The predicted octanol–water partition coefficient (Wildman–Crippen LogP) is 2.28. The Morgan fingerprint density at radius 1 is 0.902 bits per heavy atom. The molecule has 1 unspecified atom stereocenters. The fourth-order valence-electron chi connectivity index (χ4n) is 5.20. The number of carbonyl (C=O) groups is 3. The summed E-state index contributed by atoms with van der Waals surface area (Å²) < 4.78 is 38.6. The average Bonchev–Trinajstić information content (AvgIpc) is 3.54. The molecule has 3 aromatic rings. The second-order valence-electron chi connectivity index (χ2n) is 9.62. The van der Waals surface area contributed by atoms with Crippen molar-refractivity contribution in [1.82, 2.24) is 0 Å². The second kappa shape index (κ2) is 10.0. The smallest absolute Gasteiger partial charge is 0.339 e. The van der Waals surface area contributed by atoms with Crippen LogP contribution in [0.4, 0.5) is 0 Å². The number of benzene rings is 3. The molecule has 3 aliphatic rings. The molecule has 6 rings (SSSR count). The highest BCUT2D eigenvalue weighted by Gasteiger charge is 2.46. The van der Waals surface area contributed by atoms with Crippen LogP contribution in [0, 0.1) is 0 Å². The number of esters is 3. The maximum atomic E-state index is 13.1. The fraction of sp³-hybridized carbons (Fsp3) is 0.321. The number of cyclic esters (lactones) is 1. The molecule has 0 radical (unpaired) electrons. The van der Waals surface area contributed by atoms with Gasteiger partial charge in [-0.25, -0.2) is 4.79 Å². The minimum atomic E-state index is -1.51. The van der Waals surface area contributed by atoms with Crippen molar-refractivity contribution in [2.75, 3.05) is 13.4 Å². The average molecular weight is 568 g/mol. The lowest BCUT2D eigenvalue weighted by Crippen LogP contribution is -2.57. The number of rotatable bonds is 5. The zero-order valence-electron chi connectivity index (χ0n) is 21.7. The Balaban J connectivity index is 1.51. The number of aliphatic hydroxyl groups is 1. The summed E-state index contributed by atoms with van der Waals surface area (Å²) in [6, 6.07) is 7.61. The van der Waals surface area contributed by atoms with Crippen molar-refractivity contribution in [2.24, 2.45) is 0 Å². The Morgan fingerprint density at radius 2 is 1.61 bits per heavy atom. The van der Waals surface area contributed by atoms with E-state index in [9.17, 15) is 29.7 Å². The van der Waals surface area contributed by atoms with E-state index in [2.05, 4.69) is 0 Å². The van der Waals surface area contributed by atoms with E-state index in [4.69, 9.17) is 33.2 Å². The van der Waals surface area contributed by atoms with Crippen LogP contribution in [0.3, 0.4) is 0 Å². The van der Waals surface area contributed by atoms with Crippen LogP contribution >= 0.6 is 0 Å². The number of aliphatic hydroxyl groups excluding tert-OH is 1. The normalized spacial score (nSPS) is 22.7. The summed E-state index contributed by atoms with van der Waals surface area (Å²) in [5, 5.41) is 32.3. The molecule has 0 aliphatic carbocycles. The lowest BCUT2D eigenvalue weighted by Gasteiger charge is -2.38. The van der Waals surface area contributed by atoms with E-state index < -0.39 is 54.0 Å². The second-order valence-corrected chi connectivity index (χ2v) is 9.62. The van der Waals surface area contributed by atoms with E-state index in [-0.39, 0.29) is 36.7 Å². The number of carbonyl (C=O) groups excluding carboxylic acids is 3. The van der Waals surface area contributed by atoms with E-state index in [1.165, 1.54) is 12.1 Å². The van der Waals surface area contributed by atoms with Gasteiger partial charge in [0.25, 0.3) is 0 Å². The third-order valence-electron chi connectivity index (χ3n) is 6.93. The van der Waals surface area contributed by atoms with E-state index in [1.54, 1.807) is 18.2 Å². The maximum absolute atomic E-state index is 13.1. The summed E-state index contributed by atoms with van der Waals surface area (Å²) in [6.45, 7) is 1.82. The van der Waals surface area contributed by atoms with Gasteiger partial charge >= 0.3 is 17.9 Å². The van der Waals surface area contributed by atoms with Crippen LogP contribution < -0.4 is 14.2 Å². The number of ether oxygens (including phenoxy) is 7. The first-order valence-corrected chi connectivity index (χ1v) is 12.5. The first kappa shape index (κ1) is 26.5. The minimum absolute atomic E-state index is 0.0286. The van der Waals surface area contributed by atoms with Crippen molar-refractivity contribution in [3.63, 3.8) is 0 Å². The zero-order valence-corrected chi connectivity index (χ0v) is 21.7. The molecule has 41 heavy (non-hydrogen) atoms. The highest BCUT2D eigenvalue weighted by molar-refractivity contribution is 6.14. The quantitative estimate of drug-likeness (QED) is 0.232. The Kier molecular flexibility index (Phi) is 6.47. The molecule has 13 heteroatoms. The molecule has 3 aromatic carbocycles. The van der Waals surface area contributed by atoms with Crippen molar-refractivity contribution in [1.29, 1.82) is 0 Å². The summed E-state index contributed by atoms with van der Waals surface area (Å²) >= 11 is 0. The first-order valence-electron chi connectivity index (χ1n) is 12.5. The Morgan fingerprint density at radius 3 is 2.34 bits per heavy atom. The monoisotopic (exact) mass is 568 g/mol. The van der Waals surface area contributed by atoms with Crippen LogP contribution in [0.15, 0.2) is 30.3 Å². The Hall–Kier alpha value is -4.75. The number of aromatic hydroxyl groups is 2. The highest BCUT2D eigenvalue weighted by Crippen LogP contribution is 2.49. The van der Waals surface area contributed by atoms with Crippen LogP contribution in [0.5, 0.6) is 28.7 Å². The summed E-state index contributed by atoms with van der Waals surface area (Å²) in [5.41, 5.74) is 1.35. The molecule has 4 atom stereocenters. The lowest BCUT2D eigenvalue weighted by atomic mass is 9.89. The number of hydrogen-bond acceptors (Lipinski definition) is 13. The number of fused-ring (bicyclic) bond motifs is 3. The van der Waals surface area contributed by atoms with Gasteiger partial charge in [-0.05, 0) is 35.2 Å². The first-order chi connectivity index (χ1) is 19.6. The minimum Gasteiger partial charge on any atom is -0.504 e. The van der Waals surface area contributed by atoms with Crippen molar-refractivity contribution in [3.8, 4) is 39.9 Å². The Bertz CT molecular complexity index is 1600. The number of phenolic OH excluding ortho intramolecular Hbond substituents is 2.